The summed E-state index contributed by atoms with van der Waals surface area (Å²) in [6.07, 6.45) is 0. The van der Waals surface area contributed by atoms with Gasteiger partial charge in [-0.05, 0) is 12.0 Å². The highest BCUT2D eigenvalue weighted by Crippen LogP contribution is 2.15. The molecule has 2 nitrogen and oxygen atoms in total. The molecule has 12 heavy (non-hydrogen) atoms. The molecule has 0 bridgehead atoms. The molecule has 0 N–H and O–H groups in total. The Hall–Kier alpha value is -0.340. The molecule has 0 spiro atoms. The van der Waals surface area contributed by atoms with Gasteiger partial charge in [-0.3, -0.25) is 0 Å². The van der Waals surface area contributed by atoms with Crippen LogP contribution in [0, 0.1) is 0 Å². The van der Waals surface area contributed by atoms with Crippen molar-refractivity contribution in [2.75, 3.05) is 0 Å². The summed E-state index contributed by atoms with van der Waals surface area (Å²) < 4.78 is 0. The molecule has 1 rings (SSSR count). The van der Waals surface area contributed by atoms with Crippen molar-refractivity contribution in [3.8, 4) is 0 Å². The van der Waals surface area contributed by atoms with Crippen LogP contribution in [-0.4, -0.2) is 9.97 Å². The topological polar surface area (TPSA) is 25.8 Å². The number of rotatable bonds is 2. The van der Waals surface area contributed by atoms with E-state index in [9.17, 15) is 0 Å². The first-order valence-electron chi connectivity index (χ1n) is 3.72. The predicted molar refractivity (Wildman–Crippen MR) is 50.7 cm³/mol. The Labute approximate surface area is 81.9 Å². The average molecular weight is 205 g/mol. The van der Waals surface area contributed by atoms with Crippen molar-refractivity contribution in [1.82, 2.24) is 9.97 Å². The highest BCUT2D eigenvalue weighted by molar-refractivity contribution is 6.29. The molecule has 0 atom stereocenters. The molecule has 0 aromatic carbocycles. The lowest BCUT2D eigenvalue weighted by atomic mass is 10.1. The van der Waals surface area contributed by atoms with Crippen molar-refractivity contribution in [3.05, 3.63) is 22.7 Å². The Morgan fingerprint density at radius 3 is 2.58 bits per heavy atom. The molecule has 0 radical (unpaired) electrons. The van der Waals surface area contributed by atoms with Gasteiger partial charge in [0, 0.05) is 5.69 Å². The molecule has 0 saturated heterocycles. The fourth-order valence-corrected chi connectivity index (χ4v) is 1.17. The van der Waals surface area contributed by atoms with Crippen LogP contribution in [0.4, 0.5) is 0 Å². The van der Waals surface area contributed by atoms with Gasteiger partial charge in [-0.2, -0.15) is 0 Å². The minimum absolute atomic E-state index is 0.306. The van der Waals surface area contributed by atoms with Gasteiger partial charge >= 0.3 is 0 Å². The molecule has 1 aromatic rings. The van der Waals surface area contributed by atoms with Crippen LogP contribution >= 0.6 is 23.2 Å². The number of aromatic nitrogens is 2. The van der Waals surface area contributed by atoms with Gasteiger partial charge in [0.05, 0.1) is 5.88 Å². The zero-order chi connectivity index (χ0) is 9.14. The average Bonchev–Trinajstić information content (AvgIpc) is 2.03. The van der Waals surface area contributed by atoms with Crippen molar-refractivity contribution in [1.29, 1.82) is 0 Å². The zero-order valence-electron chi connectivity index (χ0n) is 7.01. The van der Waals surface area contributed by atoms with E-state index >= 15 is 0 Å². The smallest absolute Gasteiger partial charge is 0.145 e. The Bertz CT molecular complexity index is 274. The van der Waals surface area contributed by atoms with Crippen molar-refractivity contribution in [2.24, 2.45) is 0 Å². The van der Waals surface area contributed by atoms with E-state index in [1.807, 2.05) is 0 Å². The fourth-order valence-electron chi connectivity index (χ4n) is 0.839. The third-order valence-electron chi connectivity index (χ3n) is 1.47. The summed E-state index contributed by atoms with van der Waals surface area (Å²) >= 11 is 11.4. The number of halogens is 2. The first-order chi connectivity index (χ1) is 5.63. The van der Waals surface area contributed by atoms with Gasteiger partial charge in [0.2, 0.25) is 0 Å². The van der Waals surface area contributed by atoms with Crippen molar-refractivity contribution >= 4 is 23.2 Å². The molecule has 0 aliphatic carbocycles. The zero-order valence-corrected chi connectivity index (χ0v) is 8.52. The lowest BCUT2D eigenvalue weighted by Crippen LogP contribution is -1.99. The van der Waals surface area contributed by atoms with Crippen molar-refractivity contribution < 1.29 is 0 Å². The highest BCUT2D eigenvalue weighted by Gasteiger charge is 2.05. The third-order valence-corrected chi connectivity index (χ3v) is 1.90. The second kappa shape index (κ2) is 4.06. The summed E-state index contributed by atoms with van der Waals surface area (Å²) in [5.74, 6) is 1.25. The van der Waals surface area contributed by atoms with Crippen LogP contribution < -0.4 is 0 Å². The number of hydrogen-bond donors (Lipinski definition) is 0. The van der Waals surface area contributed by atoms with Crippen LogP contribution in [0.1, 0.15) is 31.3 Å². The normalized spacial score (nSPS) is 10.8. The van der Waals surface area contributed by atoms with E-state index in [-0.39, 0.29) is 0 Å². The maximum absolute atomic E-state index is 5.76. The van der Waals surface area contributed by atoms with Gasteiger partial charge in [-0.25, -0.2) is 9.97 Å². The lowest BCUT2D eigenvalue weighted by molar-refractivity contribution is 0.799. The van der Waals surface area contributed by atoms with Gasteiger partial charge in [0.1, 0.15) is 11.0 Å². The minimum Gasteiger partial charge on any atom is -0.236 e. The number of alkyl halides is 1. The molecule has 0 amide bonds. The van der Waals surface area contributed by atoms with Crippen LogP contribution in [0.3, 0.4) is 0 Å². The summed E-state index contributed by atoms with van der Waals surface area (Å²) in [7, 11) is 0. The second-order valence-electron chi connectivity index (χ2n) is 2.82. The van der Waals surface area contributed by atoms with E-state index in [0.717, 1.165) is 5.69 Å². The summed E-state index contributed by atoms with van der Waals surface area (Å²) in [5.41, 5.74) is 0.936. The molecular weight excluding hydrogens is 195 g/mol. The number of hydrogen-bond acceptors (Lipinski definition) is 2. The van der Waals surface area contributed by atoms with E-state index in [1.54, 1.807) is 6.07 Å². The molecule has 0 saturated carbocycles. The van der Waals surface area contributed by atoms with Crippen LogP contribution in [0.5, 0.6) is 0 Å². The van der Waals surface area contributed by atoms with E-state index in [4.69, 9.17) is 23.2 Å². The van der Waals surface area contributed by atoms with Gasteiger partial charge in [0.15, 0.2) is 0 Å². The molecule has 66 valence electrons. The Morgan fingerprint density at radius 1 is 1.42 bits per heavy atom. The molecule has 0 aliphatic heterocycles. The van der Waals surface area contributed by atoms with Crippen molar-refractivity contribution in [3.63, 3.8) is 0 Å². The summed E-state index contributed by atoms with van der Waals surface area (Å²) in [4.78, 5) is 8.18. The van der Waals surface area contributed by atoms with Crippen molar-refractivity contribution in [2.45, 2.75) is 25.6 Å². The van der Waals surface area contributed by atoms with Gasteiger partial charge in [0.25, 0.3) is 0 Å². The largest absolute Gasteiger partial charge is 0.236 e. The maximum atomic E-state index is 5.76. The standard InChI is InChI=1S/C8H10Cl2N2/c1-5(2)6-3-7(10)12-8(4-9)11-6/h3,5H,4H2,1-2H3. The Morgan fingerprint density at radius 2 is 2.08 bits per heavy atom. The molecule has 0 aliphatic rings. The molecule has 0 fully saturated rings. The SMILES string of the molecule is CC(C)c1cc(Cl)nc(CCl)n1. The molecule has 1 aromatic heterocycles. The Balaban J connectivity index is 3.06. The first-order valence-corrected chi connectivity index (χ1v) is 4.64. The van der Waals surface area contributed by atoms with E-state index < -0.39 is 0 Å². The van der Waals surface area contributed by atoms with E-state index in [1.165, 1.54) is 0 Å². The minimum atomic E-state index is 0.306. The highest BCUT2D eigenvalue weighted by atomic mass is 35.5. The first kappa shape index (κ1) is 9.75. The summed E-state index contributed by atoms with van der Waals surface area (Å²) in [6, 6.07) is 1.77. The summed E-state index contributed by atoms with van der Waals surface area (Å²) in [6.45, 7) is 4.10. The second-order valence-corrected chi connectivity index (χ2v) is 3.47. The van der Waals surface area contributed by atoms with Crippen LogP contribution in [0.15, 0.2) is 6.07 Å². The maximum Gasteiger partial charge on any atom is 0.145 e. The predicted octanol–water partition coefficient (Wildman–Crippen LogP) is 2.99. The quantitative estimate of drug-likeness (QED) is 0.547. The third kappa shape index (κ3) is 2.32. The van der Waals surface area contributed by atoms with Crippen LogP contribution in [0.2, 0.25) is 5.15 Å². The molecular formula is C8H10Cl2N2. The number of nitrogens with zero attached hydrogens (tertiary/aromatic N) is 2. The van der Waals surface area contributed by atoms with Gasteiger partial charge < -0.3 is 0 Å². The Kier molecular flexibility index (Phi) is 3.29. The van der Waals surface area contributed by atoms with Crippen LogP contribution in [-0.2, 0) is 5.88 Å². The molecule has 1 heterocycles. The lowest BCUT2D eigenvalue weighted by Gasteiger charge is -2.05. The fraction of sp³-hybridized carbons (Fsp3) is 0.500. The van der Waals surface area contributed by atoms with E-state index in [2.05, 4.69) is 23.8 Å². The monoisotopic (exact) mass is 204 g/mol. The molecule has 0 unspecified atom stereocenters. The molecule has 4 heteroatoms. The van der Waals surface area contributed by atoms with Gasteiger partial charge in [-0.15, -0.1) is 11.6 Å². The summed E-state index contributed by atoms with van der Waals surface area (Å²) in [5, 5.41) is 0.462. The van der Waals surface area contributed by atoms with E-state index in [0.29, 0.717) is 22.8 Å². The van der Waals surface area contributed by atoms with Crippen LogP contribution in [0.25, 0.3) is 0 Å². The van der Waals surface area contributed by atoms with Gasteiger partial charge in [-0.1, -0.05) is 25.4 Å².